The van der Waals surface area contributed by atoms with E-state index in [1.165, 1.54) is 4.88 Å². The number of hydrogen-bond donors (Lipinski definition) is 2. The van der Waals surface area contributed by atoms with Crippen molar-refractivity contribution in [1.82, 2.24) is 15.5 Å². The minimum Gasteiger partial charge on any atom is -0.357 e. The second kappa shape index (κ2) is 10.9. The third-order valence-corrected chi connectivity index (χ3v) is 3.40. The van der Waals surface area contributed by atoms with E-state index in [4.69, 9.17) is 0 Å². The Hall–Kier alpha value is -0.830. The predicted molar refractivity (Wildman–Crippen MR) is 96.1 cm³/mol. The van der Waals surface area contributed by atoms with Gasteiger partial charge in [-0.3, -0.25) is 4.79 Å². The van der Waals surface area contributed by atoms with E-state index in [0.717, 1.165) is 19.5 Å². The van der Waals surface area contributed by atoms with Crippen LogP contribution in [0.4, 0.5) is 0 Å². The maximum Gasteiger partial charge on any atom is 0.243 e. The molecule has 0 aliphatic carbocycles. The summed E-state index contributed by atoms with van der Waals surface area (Å²) in [5, 5.41) is 8.43. The lowest BCUT2D eigenvalue weighted by Gasteiger charge is -2.12. The molecule has 1 aromatic rings. The molecule has 1 rings (SSSR count). The lowest BCUT2D eigenvalue weighted by atomic mass is 10.3. The van der Waals surface area contributed by atoms with Gasteiger partial charge in [0.25, 0.3) is 0 Å². The summed E-state index contributed by atoms with van der Waals surface area (Å²) < 4.78 is 0. The monoisotopic (exact) mass is 410 g/mol. The maximum atomic E-state index is 11.5. The quantitative estimate of drug-likeness (QED) is 0.425. The van der Waals surface area contributed by atoms with Gasteiger partial charge in [-0.05, 0) is 24.8 Å². The lowest BCUT2D eigenvalue weighted by molar-refractivity contribution is -0.127. The zero-order valence-corrected chi connectivity index (χ0v) is 15.3. The summed E-state index contributed by atoms with van der Waals surface area (Å²) in [5.41, 5.74) is 0. The van der Waals surface area contributed by atoms with Crippen molar-refractivity contribution >= 4 is 47.2 Å². The summed E-state index contributed by atoms with van der Waals surface area (Å²) >= 11 is 1.75. The molecule has 0 aliphatic rings. The van der Waals surface area contributed by atoms with Crippen molar-refractivity contribution < 1.29 is 4.79 Å². The highest BCUT2D eigenvalue weighted by molar-refractivity contribution is 14.0. The van der Waals surface area contributed by atoms with Crippen LogP contribution in [0.1, 0.15) is 11.8 Å². The van der Waals surface area contributed by atoms with Crippen molar-refractivity contribution in [1.29, 1.82) is 0 Å². The van der Waals surface area contributed by atoms with Gasteiger partial charge in [-0.2, -0.15) is 0 Å². The lowest BCUT2D eigenvalue weighted by Crippen LogP contribution is -2.39. The molecule has 20 heavy (non-hydrogen) atoms. The fourth-order valence-electron chi connectivity index (χ4n) is 1.39. The Morgan fingerprint density at radius 3 is 2.70 bits per heavy atom. The average Bonchev–Trinajstić information content (AvgIpc) is 2.88. The van der Waals surface area contributed by atoms with E-state index in [9.17, 15) is 4.79 Å². The molecule has 0 unspecified atom stereocenters. The number of nitrogens with zero attached hydrogens (tertiary/aromatic N) is 2. The number of guanidine groups is 1. The second-order valence-corrected chi connectivity index (χ2v) is 5.27. The SMILES string of the molecule is CCNC(=NCC(=O)N(C)C)NCCc1cccs1.I. The molecule has 1 amide bonds. The number of rotatable bonds is 6. The summed E-state index contributed by atoms with van der Waals surface area (Å²) in [4.78, 5) is 18.6. The van der Waals surface area contributed by atoms with Crippen LogP contribution in [0.25, 0.3) is 0 Å². The van der Waals surface area contributed by atoms with Gasteiger partial charge in [0.05, 0.1) is 0 Å². The highest BCUT2D eigenvalue weighted by atomic mass is 127. The maximum absolute atomic E-state index is 11.5. The van der Waals surface area contributed by atoms with Gasteiger partial charge in [0.15, 0.2) is 5.96 Å². The molecular formula is C13H23IN4OS. The molecular weight excluding hydrogens is 387 g/mol. The van der Waals surface area contributed by atoms with Crippen molar-refractivity contribution in [2.75, 3.05) is 33.7 Å². The van der Waals surface area contributed by atoms with Gasteiger partial charge >= 0.3 is 0 Å². The molecule has 1 aromatic heterocycles. The van der Waals surface area contributed by atoms with Crippen LogP contribution in [0.15, 0.2) is 22.5 Å². The number of thiophene rings is 1. The summed E-state index contributed by atoms with van der Waals surface area (Å²) in [7, 11) is 3.46. The summed E-state index contributed by atoms with van der Waals surface area (Å²) in [6.45, 7) is 3.76. The first-order valence-corrected chi connectivity index (χ1v) is 7.26. The first-order chi connectivity index (χ1) is 9.13. The van der Waals surface area contributed by atoms with Crippen molar-refractivity contribution in [3.63, 3.8) is 0 Å². The van der Waals surface area contributed by atoms with Gasteiger partial charge in [-0.15, -0.1) is 35.3 Å². The van der Waals surface area contributed by atoms with Crippen molar-refractivity contribution in [3.05, 3.63) is 22.4 Å². The number of carbonyl (C=O) groups is 1. The molecule has 0 aliphatic heterocycles. The Morgan fingerprint density at radius 2 is 2.15 bits per heavy atom. The molecule has 0 radical (unpaired) electrons. The van der Waals surface area contributed by atoms with Crippen LogP contribution in [0.5, 0.6) is 0 Å². The molecule has 0 atom stereocenters. The zero-order valence-electron chi connectivity index (χ0n) is 12.2. The number of likely N-dealkylation sites (N-methyl/N-ethyl adjacent to an activating group) is 1. The van der Waals surface area contributed by atoms with E-state index >= 15 is 0 Å². The minimum atomic E-state index is -0.00420. The van der Waals surface area contributed by atoms with Gasteiger partial charge in [0.2, 0.25) is 5.91 Å². The Kier molecular flexibility index (Phi) is 10.4. The third-order valence-electron chi connectivity index (χ3n) is 2.46. The van der Waals surface area contributed by atoms with E-state index in [2.05, 4.69) is 33.1 Å². The fraction of sp³-hybridized carbons (Fsp3) is 0.538. The predicted octanol–water partition coefficient (Wildman–Crippen LogP) is 1.55. The second-order valence-electron chi connectivity index (χ2n) is 4.24. The number of nitrogens with one attached hydrogen (secondary N) is 2. The van der Waals surface area contributed by atoms with Crippen molar-refractivity contribution in [2.24, 2.45) is 4.99 Å². The highest BCUT2D eigenvalue weighted by Crippen LogP contribution is 2.07. The van der Waals surface area contributed by atoms with Crippen LogP contribution in [-0.4, -0.2) is 50.5 Å². The van der Waals surface area contributed by atoms with Gasteiger partial charge in [0, 0.05) is 32.1 Å². The van der Waals surface area contributed by atoms with E-state index < -0.39 is 0 Å². The topological polar surface area (TPSA) is 56.7 Å². The molecule has 1 heterocycles. The van der Waals surface area contributed by atoms with Gasteiger partial charge in [-0.25, -0.2) is 4.99 Å². The summed E-state index contributed by atoms with van der Waals surface area (Å²) in [6, 6.07) is 4.17. The number of aliphatic imine (C=N–C) groups is 1. The smallest absolute Gasteiger partial charge is 0.243 e. The van der Waals surface area contributed by atoms with Crippen LogP contribution in [0.2, 0.25) is 0 Å². The van der Waals surface area contributed by atoms with Gasteiger partial charge < -0.3 is 15.5 Å². The van der Waals surface area contributed by atoms with Gasteiger partial charge in [0.1, 0.15) is 6.54 Å². The molecule has 0 saturated carbocycles. The number of amides is 1. The molecule has 0 aromatic carbocycles. The molecule has 0 spiro atoms. The molecule has 0 bridgehead atoms. The Morgan fingerprint density at radius 1 is 1.40 bits per heavy atom. The van der Waals surface area contributed by atoms with E-state index in [-0.39, 0.29) is 36.4 Å². The summed E-state index contributed by atoms with van der Waals surface area (Å²) in [5.74, 6) is 0.685. The van der Waals surface area contributed by atoms with Crippen LogP contribution in [0.3, 0.4) is 0 Å². The van der Waals surface area contributed by atoms with Gasteiger partial charge in [-0.1, -0.05) is 6.07 Å². The van der Waals surface area contributed by atoms with E-state index in [1.54, 1.807) is 30.3 Å². The van der Waals surface area contributed by atoms with Crippen LogP contribution < -0.4 is 10.6 Å². The fourth-order valence-corrected chi connectivity index (χ4v) is 2.10. The summed E-state index contributed by atoms with van der Waals surface area (Å²) in [6.07, 6.45) is 0.962. The highest BCUT2D eigenvalue weighted by Gasteiger charge is 2.03. The standard InChI is InChI=1S/C13H22N4OS.HI/c1-4-14-13(16-10-12(18)17(2)3)15-8-7-11-6-5-9-19-11;/h5-6,9H,4,7-8,10H2,1-3H3,(H2,14,15,16);1H. The Labute approximate surface area is 141 Å². The third kappa shape index (κ3) is 7.68. The largest absolute Gasteiger partial charge is 0.357 e. The van der Waals surface area contributed by atoms with Crippen LogP contribution in [-0.2, 0) is 11.2 Å². The Balaban J connectivity index is 0.00000361. The molecule has 5 nitrogen and oxygen atoms in total. The van der Waals surface area contributed by atoms with Crippen molar-refractivity contribution in [2.45, 2.75) is 13.3 Å². The van der Waals surface area contributed by atoms with Crippen molar-refractivity contribution in [3.8, 4) is 0 Å². The zero-order chi connectivity index (χ0) is 14.1. The number of hydrogen-bond acceptors (Lipinski definition) is 3. The first kappa shape index (κ1) is 19.2. The van der Waals surface area contributed by atoms with E-state index in [1.807, 2.05) is 6.92 Å². The normalized spacial score (nSPS) is 10.7. The molecule has 114 valence electrons. The number of halogens is 1. The first-order valence-electron chi connectivity index (χ1n) is 6.38. The average molecular weight is 410 g/mol. The molecule has 0 saturated heterocycles. The van der Waals surface area contributed by atoms with Crippen LogP contribution >= 0.6 is 35.3 Å². The molecule has 0 fully saturated rings. The number of carbonyl (C=O) groups excluding carboxylic acids is 1. The molecule has 2 N–H and O–H groups in total. The minimum absolute atomic E-state index is 0. The molecule has 7 heteroatoms. The van der Waals surface area contributed by atoms with Crippen LogP contribution in [0, 0.1) is 0 Å². The van der Waals surface area contributed by atoms with E-state index in [0.29, 0.717) is 5.96 Å². The Bertz CT molecular complexity index is 407.